The van der Waals surface area contributed by atoms with Crippen LogP contribution in [0.15, 0.2) is 22.2 Å². The minimum atomic E-state index is 0.691. The maximum Gasteiger partial charge on any atom is 0.183 e. The number of nitrogens with zero attached hydrogens (tertiary/aromatic N) is 1. The Balaban J connectivity index is 1.82. The van der Waals surface area contributed by atoms with Crippen LogP contribution in [0, 0.1) is 0 Å². The Morgan fingerprint density at radius 3 is 3.00 bits per heavy atom. The summed E-state index contributed by atoms with van der Waals surface area (Å²) in [5.74, 6) is 0. The molecule has 72 valence electrons. The highest BCUT2D eigenvalue weighted by molar-refractivity contribution is 7.14. The lowest BCUT2D eigenvalue weighted by atomic mass is 10.3. The van der Waals surface area contributed by atoms with Crippen molar-refractivity contribution in [3.05, 3.63) is 22.2 Å². The average Bonchev–Trinajstić information content (AvgIpc) is 2.71. The van der Waals surface area contributed by atoms with E-state index >= 15 is 0 Å². The molecular weight excluding hydrogens is 212 g/mol. The Labute approximate surface area is 90.6 Å². The Morgan fingerprint density at radius 2 is 2.29 bits per heavy atom. The lowest BCUT2D eigenvalue weighted by molar-refractivity contribution is 1.14. The molecule has 0 aliphatic heterocycles. The van der Waals surface area contributed by atoms with Crippen molar-refractivity contribution in [3.63, 3.8) is 0 Å². The number of hydrogen-bond donors (Lipinski definition) is 1. The number of thiazole rings is 1. The average molecular weight is 222 g/mol. The number of hydrogen-bond acceptors (Lipinski definition) is 4. The van der Waals surface area contributed by atoms with Crippen molar-refractivity contribution in [2.75, 3.05) is 5.32 Å². The summed E-state index contributed by atoms with van der Waals surface area (Å²) in [5, 5.41) is 10.8. The molecule has 0 radical (unpaired) electrons. The number of thiophene rings is 1. The van der Waals surface area contributed by atoms with E-state index in [1.54, 1.807) is 22.7 Å². The molecule has 1 fully saturated rings. The summed E-state index contributed by atoms with van der Waals surface area (Å²) in [6, 6.07) is 2.80. The third kappa shape index (κ3) is 1.67. The summed E-state index contributed by atoms with van der Waals surface area (Å²) in [4.78, 5) is 4.55. The molecule has 0 bridgehead atoms. The van der Waals surface area contributed by atoms with Crippen LogP contribution in [0.5, 0.6) is 0 Å². The summed E-state index contributed by atoms with van der Waals surface area (Å²) in [5.41, 5.74) is 2.33. The molecule has 1 aliphatic rings. The van der Waals surface area contributed by atoms with Crippen molar-refractivity contribution in [2.24, 2.45) is 0 Å². The maximum absolute atomic E-state index is 4.55. The van der Waals surface area contributed by atoms with Crippen molar-refractivity contribution in [1.29, 1.82) is 0 Å². The second-order valence-electron chi connectivity index (χ2n) is 3.47. The number of rotatable bonds is 3. The second-order valence-corrected chi connectivity index (χ2v) is 5.11. The van der Waals surface area contributed by atoms with E-state index in [1.165, 1.54) is 18.4 Å². The summed E-state index contributed by atoms with van der Waals surface area (Å²) in [6.07, 6.45) is 2.60. The van der Waals surface area contributed by atoms with Crippen LogP contribution in [0.1, 0.15) is 12.8 Å². The van der Waals surface area contributed by atoms with E-state index in [1.807, 2.05) is 0 Å². The van der Waals surface area contributed by atoms with Crippen LogP contribution in [0.4, 0.5) is 5.13 Å². The van der Waals surface area contributed by atoms with E-state index in [0.717, 1.165) is 10.8 Å². The van der Waals surface area contributed by atoms with Gasteiger partial charge in [0.25, 0.3) is 0 Å². The second kappa shape index (κ2) is 3.37. The molecule has 1 N–H and O–H groups in total. The first-order valence-corrected chi connectivity index (χ1v) is 6.49. The molecule has 0 amide bonds. The first-order valence-electron chi connectivity index (χ1n) is 4.66. The minimum absolute atomic E-state index is 0.691. The van der Waals surface area contributed by atoms with Crippen molar-refractivity contribution in [2.45, 2.75) is 18.9 Å². The fourth-order valence-electron chi connectivity index (χ4n) is 1.29. The van der Waals surface area contributed by atoms with Crippen molar-refractivity contribution in [3.8, 4) is 11.3 Å². The van der Waals surface area contributed by atoms with Crippen LogP contribution in [0.2, 0.25) is 0 Å². The van der Waals surface area contributed by atoms with Gasteiger partial charge in [-0.05, 0) is 24.3 Å². The zero-order valence-electron chi connectivity index (χ0n) is 7.56. The van der Waals surface area contributed by atoms with Gasteiger partial charge in [-0.3, -0.25) is 0 Å². The topological polar surface area (TPSA) is 24.9 Å². The first-order chi connectivity index (χ1) is 6.92. The van der Waals surface area contributed by atoms with Crippen LogP contribution in [0.3, 0.4) is 0 Å². The molecule has 0 aromatic carbocycles. The van der Waals surface area contributed by atoms with Crippen molar-refractivity contribution in [1.82, 2.24) is 4.98 Å². The third-order valence-electron chi connectivity index (χ3n) is 2.23. The lowest BCUT2D eigenvalue weighted by Gasteiger charge is -1.95. The number of anilines is 1. The van der Waals surface area contributed by atoms with Gasteiger partial charge in [-0.2, -0.15) is 11.3 Å². The molecule has 14 heavy (non-hydrogen) atoms. The number of aromatic nitrogens is 1. The van der Waals surface area contributed by atoms with Crippen molar-refractivity contribution < 1.29 is 0 Å². The maximum atomic E-state index is 4.55. The van der Waals surface area contributed by atoms with Gasteiger partial charge in [0.2, 0.25) is 0 Å². The summed E-state index contributed by atoms with van der Waals surface area (Å²) < 4.78 is 0. The van der Waals surface area contributed by atoms with Gasteiger partial charge in [0.05, 0.1) is 5.69 Å². The van der Waals surface area contributed by atoms with E-state index in [-0.39, 0.29) is 0 Å². The predicted octanol–water partition coefficient (Wildman–Crippen LogP) is 3.45. The highest BCUT2D eigenvalue weighted by atomic mass is 32.1. The molecule has 2 nitrogen and oxygen atoms in total. The fourth-order valence-corrected chi connectivity index (χ4v) is 2.73. The SMILES string of the molecule is c1cc(-c2csc(NC3CC3)n2)cs1. The standard InChI is InChI=1S/C10H10N2S2/c1-2-8(1)11-10-12-9(6-14-10)7-3-4-13-5-7/h3-6,8H,1-2H2,(H,11,12). The van der Waals surface area contributed by atoms with E-state index in [2.05, 4.69) is 32.5 Å². The molecule has 2 heterocycles. The fraction of sp³-hybridized carbons (Fsp3) is 0.300. The van der Waals surface area contributed by atoms with Crippen LogP contribution >= 0.6 is 22.7 Å². The highest BCUT2D eigenvalue weighted by Crippen LogP contribution is 2.30. The van der Waals surface area contributed by atoms with Gasteiger partial charge in [-0.1, -0.05) is 0 Å². The normalized spacial score (nSPS) is 15.7. The predicted molar refractivity (Wildman–Crippen MR) is 62.1 cm³/mol. The lowest BCUT2D eigenvalue weighted by Crippen LogP contribution is -1.99. The van der Waals surface area contributed by atoms with Crippen LogP contribution < -0.4 is 5.32 Å². The largest absolute Gasteiger partial charge is 0.359 e. The van der Waals surface area contributed by atoms with Gasteiger partial charge in [0.15, 0.2) is 5.13 Å². The van der Waals surface area contributed by atoms with E-state index < -0.39 is 0 Å². The summed E-state index contributed by atoms with van der Waals surface area (Å²) in [6.45, 7) is 0. The molecule has 0 atom stereocenters. The molecular formula is C10H10N2S2. The highest BCUT2D eigenvalue weighted by Gasteiger charge is 2.21. The van der Waals surface area contributed by atoms with Gasteiger partial charge >= 0.3 is 0 Å². The van der Waals surface area contributed by atoms with Crippen LogP contribution in [-0.4, -0.2) is 11.0 Å². The van der Waals surface area contributed by atoms with E-state index in [0.29, 0.717) is 6.04 Å². The van der Waals surface area contributed by atoms with Gasteiger partial charge < -0.3 is 5.32 Å². The van der Waals surface area contributed by atoms with E-state index in [9.17, 15) is 0 Å². The first kappa shape index (κ1) is 8.44. The zero-order chi connectivity index (χ0) is 9.38. The Morgan fingerprint density at radius 1 is 1.36 bits per heavy atom. The molecule has 4 heteroatoms. The molecule has 0 unspecified atom stereocenters. The summed E-state index contributed by atoms with van der Waals surface area (Å²) >= 11 is 3.41. The van der Waals surface area contributed by atoms with Gasteiger partial charge in [-0.25, -0.2) is 4.98 Å². The third-order valence-corrected chi connectivity index (χ3v) is 3.68. The molecule has 3 rings (SSSR count). The van der Waals surface area contributed by atoms with Gasteiger partial charge in [0, 0.05) is 22.4 Å². The molecule has 0 saturated heterocycles. The van der Waals surface area contributed by atoms with Gasteiger partial charge in [-0.15, -0.1) is 11.3 Å². The Kier molecular flexibility index (Phi) is 2.03. The van der Waals surface area contributed by atoms with Gasteiger partial charge in [0.1, 0.15) is 0 Å². The molecule has 1 aliphatic carbocycles. The molecule has 0 spiro atoms. The monoisotopic (exact) mass is 222 g/mol. The number of nitrogens with one attached hydrogen (secondary N) is 1. The smallest absolute Gasteiger partial charge is 0.183 e. The Bertz CT molecular complexity index is 415. The van der Waals surface area contributed by atoms with Crippen LogP contribution in [0.25, 0.3) is 11.3 Å². The zero-order valence-corrected chi connectivity index (χ0v) is 9.20. The molecule has 1 saturated carbocycles. The van der Waals surface area contributed by atoms with Crippen molar-refractivity contribution >= 4 is 27.8 Å². The Hall–Kier alpha value is -0.870. The van der Waals surface area contributed by atoms with E-state index in [4.69, 9.17) is 0 Å². The molecule has 2 aromatic rings. The minimum Gasteiger partial charge on any atom is -0.359 e. The summed E-state index contributed by atoms with van der Waals surface area (Å²) in [7, 11) is 0. The van der Waals surface area contributed by atoms with Crippen LogP contribution in [-0.2, 0) is 0 Å². The quantitative estimate of drug-likeness (QED) is 0.860. The molecule has 2 aromatic heterocycles.